The van der Waals surface area contributed by atoms with E-state index in [0.29, 0.717) is 16.6 Å². The lowest BCUT2D eigenvalue weighted by molar-refractivity contribution is -0.149. The molecule has 9 nitrogen and oxygen atoms in total. The molecule has 148 valence electrons. The van der Waals surface area contributed by atoms with Crippen molar-refractivity contribution in [2.45, 2.75) is 44.8 Å². The molecular weight excluding hydrogens is 384 g/mol. The number of H-pyrrole nitrogens is 1. The number of fused-ring (bicyclic) bond motifs is 1. The number of aromatic nitrogens is 2. The van der Waals surface area contributed by atoms with Crippen LogP contribution < -0.4 is 10.9 Å². The Morgan fingerprint density at radius 1 is 1.39 bits per heavy atom. The average Bonchev–Trinajstić information content (AvgIpc) is 3.22. The lowest BCUT2D eigenvalue weighted by Crippen LogP contribution is -2.54. The van der Waals surface area contributed by atoms with Gasteiger partial charge in [0.25, 0.3) is 11.5 Å². The van der Waals surface area contributed by atoms with Gasteiger partial charge in [0.2, 0.25) is 0 Å². The van der Waals surface area contributed by atoms with Crippen LogP contribution in [-0.2, 0) is 20.9 Å². The molecule has 1 saturated carbocycles. The summed E-state index contributed by atoms with van der Waals surface area (Å²) in [5.41, 5.74) is -0.678. The monoisotopic (exact) mass is 404 g/mol. The molecule has 0 aromatic carbocycles. The van der Waals surface area contributed by atoms with E-state index in [-0.39, 0.29) is 29.8 Å². The van der Waals surface area contributed by atoms with Crippen molar-refractivity contribution >= 4 is 39.5 Å². The van der Waals surface area contributed by atoms with E-state index in [0.717, 1.165) is 24.2 Å². The topological polar surface area (TPSA) is 121 Å². The van der Waals surface area contributed by atoms with Gasteiger partial charge in [-0.1, -0.05) is 19.8 Å². The summed E-state index contributed by atoms with van der Waals surface area (Å²) in [6, 6.07) is 1.14. The first-order valence-corrected chi connectivity index (χ1v) is 10.0. The predicted octanol–water partition coefficient (Wildman–Crippen LogP) is 1.53. The van der Waals surface area contributed by atoms with E-state index in [2.05, 4.69) is 15.3 Å². The Morgan fingerprint density at radius 3 is 3.00 bits per heavy atom. The van der Waals surface area contributed by atoms with Gasteiger partial charge in [-0.3, -0.25) is 19.3 Å². The third kappa shape index (κ3) is 3.07. The fraction of sp³-hybridized carbons (Fsp3) is 0.500. The number of aromatic amines is 1. The first kappa shape index (κ1) is 18.6. The fourth-order valence-electron chi connectivity index (χ4n) is 3.95. The van der Waals surface area contributed by atoms with Crippen LogP contribution in [0.3, 0.4) is 0 Å². The normalized spacial score (nSPS) is 24.8. The van der Waals surface area contributed by atoms with Crippen molar-refractivity contribution in [1.29, 1.82) is 0 Å². The molecule has 2 aliphatic rings. The number of hydrogen-bond donors (Lipinski definition) is 2. The van der Waals surface area contributed by atoms with Gasteiger partial charge in [0.1, 0.15) is 29.2 Å². The van der Waals surface area contributed by atoms with Crippen LogP contribution in [0.15, 0.2) is 16.2 Å². The minimum atomic E-state index is -0.910. The summed E-state index contributed by atoms with van der Waals surface area (Å²) in [5.74, 6) is -0.880. The number of carbonyl (C=O) groups is 3. The Hall–Kier alpha value is -2.75. The van der Waals surface area contributed by atoms with Gasteiger partial charge in [-0.15, -0.1) is 11.3 Å². The molecule has 2 fully saturated rings. The summed E-state index contributed by atoms with van der Waals surface area (Å²) in [6.07, 6.45) is 3.32. The van der Waals surface area contributed by atoms with Crippen LogP contribution in [0.5, 0.6) is 0 Å². The van der Waals surface area contributed by atoms with Gasteiger partial charge in [0.15, 0.2) is 0 Å². The van der Waals surface area contributed by atoms with E-state index >= 15 is 0 Å². The standard InChI is InChI=1S/C18H20N4O5S/c1-10-4-2-3-6-18(10)16(25)22(17(26)21-18)8-13(23)27-9-12-19-11-5-7-28-14(11)15(24)20-12/h5,7,10H,2-4,6,8-9H2,1H3,(H,21,26)(H,19,20,24)/t10-,18-/m0/s1. The number of ether oxygens (including phenoxy) is 1. The number of esters is 1. The SMILES string of the molecule is C[C@H]1CCCC[C@]12NC(=O)N(CC(=O)OCc1nc3ccsc3c(=O)[nH]1)C2=O. The zero-order valence-corrected chi connectivity index (χ0v) is 16.1. The number of carbonyl (C=O) groups excluding carboxylic acids is 3. The smallest absolute Gasteiger partial charge is 0.326 e. The Labute approximate surface area is 164 Å². The number of nitrogens with one attached hydrogen (secondary N) is 2. The van der Waals surface area contributed by atoms with Gasteiger partial charge >= 0.3 is 12.0 Å². The van der Waals surface area contributed by atoms with Crippen LogP contribution in [0.25, 0.3) is 10.2 Å². The highest BCUT2D eigenvalue weighted by atomic mass is 32.1. The zero-order chi connectivity index (χ0) is 19.9. The van der Waals surface area contributed by atoms with E-state index < -0.39 is 24.1 Å². The molecule has 3 amide bonds. The number of imide groups is 1. The van der Waals surface area contributed by atoms with Gasteiger partial charge in [-0.25, -0.2) is 9.78 Å². The molecule has 4 rings (SSSR count). The second-order valence-electron chi connectivity index (χ2n) is 7.25. The van der Waals surface area contributed by atoms with Crippen molar-refractivity contribution in [3.05, 3.63) is 27.6 Å². The van der Waals surface area contributed by atoms with Crippen molar-refractivity contribution in [3.8, 4) is 0 Å². The Bertz CT molecular complexity index is 1010. The van der Waals surface area contributed by atoms with E-state index in [1.165, 1.54) is 11.3 Å². The van der Waals surface area contributed by atoms with Crippen LogP contribution in [0.4, 0.5) is 4.79 Å². The molecule has 2 N–H and O–H groups in total. The molecule has 28 heavy (non-hydrogen) atoms. The van der Waals surface area contributed by atoms with Crippen molar-refractivity contribution in [1.82, 2.24) is 20.2 Å². The van der Waals surface area contributed by atoms with Crippen LogP contribution >= 0.6 is 11.3 Å². The molecule has 1 spiro atoms. The molecule has 2 aromatic rings. The second-order valence-corrected chi connectivity index (χ2v) is 8.16. The van der Waals surface area contributed by atoms with Gasteiger partial charge in [0, 0.05) is 0 Å². The van der Waals surface area contributed by atoms with Gasteiger partial charge in [0.05, 0.1) is 5.52 Å². The lowest BCUT2D eigenvalue weighted by atomic mass is 9.73. The molecule has 3 heterocycles. The summed E-state index contributed by atoms with van der Waals surface area (Å²) in [5, 5.41) is 4.55. The van der Waals surface area contributed by atoms with Crippen molar-refractivity contribution in [2.24, 2.45) is 5.92 Å². The molecule has 1 aliphatic heterocycles. The molecule has 1 aliphatic carbocycles. The lowest BCUT2D eigenvalue weighted by Gasteiger charge is -2.36. The van der Waals surface area contributed by atoms with E-state index in [1.54, 1.807) is 11.4 Å². The third-order valence-corrected chi connectivity index (χ3v) is 6.42. The van der Waals surface area contributed by atoms with Gasteiger partial charge in [-0.2, -0.15) is 0 Å². The summed E-state index contributed by atoms with van der Waals surface area (Å²) in [4.78, 5) is 57.0. The highest BCUT2D eigenvalue weighted by Gasteiger charge is 2.55. The Balaban J connectivity index is 1.41. The number of hydrogen-bond acceptors (Lipinski definition) is 7. The third-order valence-electron chi connectivity index (χ3n) is 5.52. The van der Waals surface area contributed by atoms with Crippen molar-refractivity contribution in [3.63, 3.8) is 0 Å². The minimum absolute atomic E-state index is 0.0188. The van der Waals surface area contributed by atoms with Crippen LogP contribution in [0, 0.1) is 5.92 Å². The van der Waals surface area contributed by atoms with Crippen LogP contribution in [0.1, 0.15) is 38.4 Å². The number of thiophene rings is 1. The number of nitrogens with zero attached hydrogens (tertiary/aromatic N) is 2. The molecule has 0 unspecified atom stereocenters. The zero-order valence-electron chi connectivity index (χ0n) is 15.3. The summed E-state index contributed by atoms with van der Waals surface area (Å²) in [7, 11) is 0. The molecule has 10 heteroatoms. The Morgan fingerprint density at radius 2 is 2.21 bits per heavy atom. The minimum Gasteiger partial charge on any atom is -0.456 e. The maximum Gasteiger partial charge on any atom is 0.326 e. The fourth-order valence-corrected chi connectivity index (χ4v) is 4.68. The molecular formula is C18H20N4O5S. The molecule has 2 aromatic heterocycles. The van der Waals surface area contributed by atoms with Gasteiger partial charge in [-0.05, 0) is 30.2 Å². The largest absolute Gasteiger partial charge is 0.456 e. The van der Waals surface area contributed by atoms with Crippen molar-refractivity contribution < 1.29 is 19.1 Å². The second kappa shape index (κ2) is 7.01. The molecule has 1 saturated heterocycles. The Kier molecular flexibility index (Phi) is 4.66. The molecule has 2 atom stereocenters. The maximum atomic E-state index is 12.9. The summed E-state index contributed by atoms with van der Waals surface area (Å²) in [6.45, 7) is 1.23. The van der Waals surface area contributed by atoms with E-state index in [1.807, 2.05) is 6.92 Å². The van der Waals surface area contributed by atoms with Crippen LogP contribution in [-0.4, -0.2) is 44.9 Å². The number of amides is 3. The highest BCUT2D eigenvalue weighted by molar-refractivity contribution is 7.17. The predicted molar refractivity (Wildman–Crippen MR) is 101 cm³/mol. The first-order valence-electron chi connectivity index (χ1n) is 9.17. The highest BCUT2D eigenvalue weighted by Crippen LogP contribution is 2.38. The summed E-state index contributed by atoms with van der Waals surface area (Å²) < 4.78 is 5.63. The first-order chi connectivity index (χ1) is 13.4. The van der Waals surface area contributed by atoms with E-state index in [9.17, 15) is 19.2 Å². The number of rotatable bonds is 4. The van der Waals surface area contributed by atoms with Crippen LogP contribution in [0.2, 0.25) is 0 Å². The summed E-state index contributed by atoms with van der Waals surface area (Å²) >= 11 is 1.28. The van der Waals surface area contributed by atoms with Gasteiger partial charge < -0.3 is 15.0 Å². The molecule has 0 bridgehead atoms. The maximum absolute atomic E-state index is 12.9. The van der Waals surface area contributed by atoms with Crippen molar-refractivity contribution in [2.75, 3.05) is 6.54 Å². The molecule has 0 radical (unpaired) electrons. The van der Waals surface area contributed by atoms with E-state index in [4.69, 9.17) is 4.74 Å². The average molecular weight is 404 g/mol. The number of urea groups is 1. The quantitative estimate of drug-likeness (QED) is 0.589.